The lowest BCUT2D eigenvalue weighted by Gasteiger charge is -2.27. The van der Waals surface area contributed by atoms with Crippen LogP contribution in [-0.4, -0.2) is 45.7 Å². The van der Waals surface area contributed by atoms with Gasteiger partial charge in [0.25, 0.3) is 0 Å². The molecule has 21 heavy (non-hydrogen) atoms. The maximum Gasteiger partial charge on any atom is 0.230 e. The molecule has 1 aromatic carbocycles. The molecule has 1 amide bonds. The zero-order valence-electron chi connectivity index (χ0n) is 13.0. The third-order valence-electron chi connectivity index (χ3n) is 4.90. The molecule has 3 N–H and O–H groups in total. The van der Waals surface area contributed by atoms with Crippen molar-refractivity contribution in [3.05, 3.63) is 29.3 Å². The highest BCUT2D eigenvalue weighted by atomic mass is 16.1. The quantitative estimate of drug-likeness (QED) is 0.648. The van der Waals surface area contributed by atoms with E-state index in [0.29, 0.717) is 6.42 Å². The van der Waals surface area contributed by atoms with Crippen LogP contribution in [0.1, 0.15) is 24.0 Å². The van der Waals surface area contributed by atoms with Gasteiger partial charge in [0, 0.05) is 5.69 Å². The van der Waals surface area contributed by atoms with Gasteiger partial charge in [-0.15, -0.1) is 0 Å². The van der Waals surface area contributed by atoms with Crippen LogP contribution in [0.5, 0.6) is 0 Å². The standard InChI is InChI=1S/C17H25N3O/c1-19-9-11-20(12-10-19)8-7-17(21)18-16-6-5-14-3-2-4-15(14)13-16/h5-6,13H,2-4,7-12H2,1H3,(H,18,21)/p+2. The van der Waals surface area contributed by atoms with Crippen molar-refractivity contribution in [2.75, 3.05) is 45.1 Å². The van der Waals surface area contributed by atoms with Gasteiger partial charge in [0.2, 0.25) is 5.91 Å². The molecular formula is C17H27N3O+2. The second-order valence-corrected chi connectivity index (χ2v) is 6.59. The zero-order chi connectivity index (χ0) is 14.7. The van der Waals surface area contributed by atoms with Crippen LogP contribution < -0.4 is 15.1 Å². The van der Waals surface area contributed by atoms with Crippen molar-refractivity contribution in [3.8, 4) is 0 Å². The number of nitrogens with one attached hydrogen (secondary N) is 3. The highest BCUT2D eigenvalue weighted by Gasteiger charge is 2.20. The Morgan fingerprint density at radius 3 is 2.71 bits per heavy atom. The average molecular weight is 289 g/mol. The fourth-order valence-electron chi connectivity index (χ4n) is 3.44. The molecule has 0 bridgehead atoms. The van der Waals surface area contributed by atoms with Crippen LogP contribution in [0.3, 0.4) is 0 Å². The van der Waals surface area contributed by atoms with Gasteiger partial charge in [-0.3, -0.25) is 4.79 Å². The Labute approximate surface area is 127 Å². The van der Waals surface area contributed by atoms with Crippen molar-refractivity contribution in [3.63, 3.8) is 0 Å². The summed E-state index contributed by atoms with van der Waals surface area (Å²) in [4.78, 5) is 15.3. The summed E-state index contributed by atoms with van der Waals surface area (Å²) in [5, 5.41) is 3.06. The van der Waals surface area contributed by atoms with E-state index in [9.17, 15) is 4.79 Å². The number of rotatable bonds is 4. The molecule has 0 saturated carbocycles. The van der Waals surface area contributed by atoms with Gasteiger partial charge in [-0.2, -0.15) is 0 Å². The zero-order valence-corrected chi connectivity index (χ0v) is 13.0. The summed E-state index contributed by atoms with van der Waals surface area (Å²) in [5.74, 6) is 0.159. The van der Waals surface area contributed by atoms with Crippen molar-refractivity contribution in [2.45, 2.75) is 25.7 Å². The van der Waals surface area contributed by atoms with Crippen LogP contribution in [-0.2, 0) is 17.6 Å². The van der Waals surface area contributed by atoms with Crippen molar-refractivity contribution >= 4 is 11.6 Å². The molecule has 1 heterocycles. The molecule has 0 aromatic heterocycles. The summed E-state index contributed by atoms with van der Waals surface area (Å²) >= 11 is 0. The molecule has 114 valence electrons. The number of anilines is 1. The summed E-state index contributed by atoms with van der Waals surface area (Å²) in [5.41, 5.74) is 3.84. The highest BCUT2D eigenvalue weighted by Crippen LogP contribution is 2.24. The van der Waals surface area contributed by atoms with E-state index in [1.165, 1.54) is 50.1 Å². The molecule has 0 radical (unpaired) electrons. The molecule has 1 saturated heterocycles. The lowest BCUT2D eigenvalue weighted by atomic mass is 10.1. The fourth-order valence-corrected chi connectivity index (χ4v) is 3.44. The van der Waals surface area contributed by atoms with Gasteiger partial charge in [-0.05, 0) is 42.5 Å². The topological polar surface area (TPSA) is 38.0 Å². The van der Waals surface area contributed by atoms with E-state index in [4.69, 9.17) is 0 Å². The Kier molecular flexibility index (Phi) is 4.56. The number of amides is 1. The number of aryl methyl sites for hydroxylation is 2. The summed E-state index contributed by atoms with van der Waals surface area (Å²) in [6.07, 6.45) is 4.23. The highest BCUT2D eigenvalue weighted by molar-refractivity contribution is 5.90. The third kappa shape index (κ3) is 3.83. The molecule has 1 fully saturated rings. The molecule has 4 nitrogen and oxygen atoms in total. The Morgan fingerprint density at radius 2 is 1.90 bits per heavy atom. The van der Waals surface area contributed by atoms with Crippen LogP contribution >= 0.6 is 0 Å². The minimum atomic E-state index is 0.159. The summed E-state index contributed by atoms with van der Waals surface area (Å²) < 4.78 is 0. The van der Waals surface area contributed by atoms with Gasteiger partial charge in [0.15, 0.2) is 0 Å². The van der Waals surface area contributed by atoms with E-state index in [0.717, 1.165) is 18.7 Å². The number of hydrogen-bond acceptors (Lipinski definition) is 1. The molecular weight excluding hydrogens is 262 g/mol. The first kappa shape index (κ1) is 14.5. The molecule has 0 atom stereocenters. The Balaban J connectivity index is 1.46. The van der Waals surface area contributed by atoms with Crippen LogP contribution in [0.2, 0.25) is 0 Å². The van der Waals surface area contributed by atoms with E-state index in [2.05, 4.69) is 24.5 Å². The van der Waals surface area contributed by atoms with Gasteiger partial charge in [0.05, 0.1) is 20.0 Å². The van der Waals surface area contributed by atoms with Gasteiger partial charge < -0.3 is 15.1 Å². The number of fused-ring (bicyclic) bond motifs is 1. The van der Waals surface area contributed by atoms with Gasteiger partial charge in [0.1, 0.15) is 26.2 Å². The molecule has 1 aliphatic carbocycles. The molecule has 1 aliphatic heterocycles. The smallest absolute Gasteiger partial charge is 0.230 e. The number of carbonyl (C=O) groups is 1. The summed E-state index contributed by atoms with van der Waals surface area (Å²) in [6.45, 7) is 5.80. The minimum Gasteiger partial charge on any atom is -0.328 e. The monoisotopic (exact) mass is 289 g/mol. The van der Waals surface area contributed by atoms with E-state index < -0.39 is 0 Å². The fraction of sp³-hybridized carbons (Fsp3) is 0.588. The van der Waals surface area contributed by atoms with Crippen LogP contribution in [0.25, 0.3) is 0 Å². The minimum absolute atomic E-state index is 0.159. The number of piperazine rings is 1. The van der Waals surface area contributed by atoms with Gasteiger partial charge in [-0.1, -0.05) is 6.07 Å². The third-order valence-corrected chi connectivity index (χ3v) is 4.90. The first-order valence-corrected chi connectivity index (χ1v) is 8.27. The number of carbonyl (C=O) groups excluding carboxylic acids is 1. The van der Waals surface area contributed by atoms with Crippen molar-refractivity contribution < 1.29 is 14.6 Å². The van der Waals surface area contributed by atoms with E-state index in [1.807, 2.05) is 6.07 Å². The predicted molar refractivity (Wildman–Crippen MR) is 83.9 cm³/mol. The molecule has 1 aromatic rings. The maximum absolute atomic E-state index is 12.1. The number of hydrogen-bond donors (Lipinski definition) is 3. The predicted octanol–water partition coefficient (Wildman–Crippen LogP) is -1.08. The Hall–Kier alpha value is -1.39. The molecule has 3 rings (SSSR count). The largest absolute Gasteiger partial charge is 0.328 e. The molecule has 0 unspecified atom stereocenters. The van der Waals surface area contributed by atoms with Crippen molar-refractivity contribution in [1.29, 1.82) is 0 Å². The van der Waals surface area contributed by atoms with Crippen LogP contribution in [0, 0.1) is 0 Å². The maximum atomic E-state index is 12.1. The first-order valence-electron chi connectivity index (χ1n) is 8.27. The van der Waals surface area contributed by atoms with Gasteiger partial charge >= 0.3 is 0 Å². The first-order chi connectivity index (χ1) is 10.2. The summed E-state index contributed by atoms with van der Waals surface area (Å²) in [6, 6.07) is 6.38. The normalized spacial score (nSPS) is 24.6. The van der Waals surface area contributed by atoms with Crippen molar-refractivity contribution in [1.82, 2.24) is 0 Å². The van der Waals surface area contributed by atoms with E-state index in [-0.39, 0.29) is 5.91 Å². The van der Waals surface area contributed by atoms with Crippen molar-refractivity contribution in [2.24, 2.45) is 0 Å². The average Bonchev–Trinajstić information content (AvgIpc) is 2.94. The lowest BCUT2D eigenvalue weighted by molar-refractivity contribution is -1.00. The van der Waals surface area contributed by atoms with Gasteiger partial charge in [-0.25, -0.2) is 0 Å². The van der Waals surface area contributed by atoms with Crippen LogP contribution in [0.15, 0.2) is 18.2 Å². The number of quaternary nitrogens is 2. The van der Waals surface area contributed by atoms with Crippen LogP contribution in [0.4, 0.5) is 5.69 Å². The SMILES string of the molecule is C[NH+]1CC[NH+](CCC(=O)Nc2ccc3c(c2)CCC3)CC1. The Morgan fingerprint density at radius 1 is 1.14 bits per heavy atom. The second-order valence-electron chi connectivity index (χ2n) is 6.59. The molecule has 4 heteroatoms. The Bertz CT molecular complexity index is 507. The van der Waals surface area contributed by atoms with E-state index in [1.54, 1.807) is 9.80 Å². The number of benzene rings is 1. The molecule has 2 aliphatic rings. The lowest BCUT2D eigenvalue weighted by Crippen LogP contribution is -3.27. The van der Waals surface area contributed by atoms with E-state index >= 15 is 0 Å². The summed E-state index contributed by atoms with van der Waals surface area (Å²) in [7, 11) is 2.25. The molecule has 0 spiro atoms. The second kappa shape index (κ2) is 6.58. The number of likely N-dealkylation sites (N-methyl/N-ethyl adjacent to an activating group) is 1.